The molecule has 1 amide bonds. The van der Waals surface area contributed by atoms with Crippen LogP contribution in [0.3, 0.4) is 0 Å². The van der Waals surface area contributed by atoms with Gasteiger partial charge in [0.1, 0.15) is 0 Å². The van der Waals surface area contributed by atoms with Crippen LogP contribution in [0.25, 0.3) is 0 Å². The number of carboxylic acid groups (broad SMARTS) is 1. The predicted octanol–water partition coefficient (Wildman–Crippen LogP) is 1.34. The van der Waals surface area contributed by atoms with E-state index in [9.17, 15) is 14.4 Å². The maximum Gasteiger partial charge on any atom is 0.345 e. The summed E-state index contributed by atoms with van der Waals surface area (Å²) in [6.07, 6.45) is 6.53. The molecular formula is C18H30N2O5S. The minimum absolute atomic E-state index is 0.238. The first-order valence-corrected chi connectivity index (χ1v) is 9.86. The normalized spacial score (nSPS) is 33.6. The summed E-state index contributed by atoms with van der Waals surface area (Å²) in [7, 11) is 0. The lowest BCUT2D eigenvalue weighted by molar-refractivity contribution is -0.167. The highest BCUT2D eigenvalue weighted by molar-refractivity contribution is 7.80. The maximum absolute atomic E-state index is 11.2. The zero-order valence-electron chi connectivity index (χ0n) is 15.2. The van der Waals surface area contributed by atoms with E-state index in [4.69, 9.17) is 16.6 Å². The molecule has 0 aromatic rings. The van der Waals surface area contributed by atoms with Gasteiger partial charge in [0.15, 0.2) is 0 Å². The van der Waals surface area contributed by atoms with E-state index >= 15 is 0 Å². The lowest BCUT2D eigenvalue weighted by Crippen LogP contribution is -2.55. The molecule has 2 atom stereocenters. The van der Waals surface area contributed by atoms with Crippen LogP contribution in [0.4, 0.5) is 0 Å². The molecule has 26 heavy (non-hydrogen) atoms. The van der Waals surface area contributed by atoms with Crippen molar-refractivity contribution in [3.8, 4) is 0 Å². The number of nitrogens with two attached hydrogens (primary N) is 2. The minimum atomic E-state index is -1.52. The quantitative estimate of drug-likeness (QED) is 0.402. The van der Waals surface area contributed by atoms with Gasteiger partial charge in [-0.15, -0.1) is 0 Å². The van der Waals surface area contributed by atoms with Gasteiger partial charge in [-0.3, -0.25) is 9.59 Å². The minimum Gasteiger partial charge on any atom is -0.478 e. The lowest BCUT2D eigenvalue weighted by Gasteiger charge is -2.55. The van der Waals surface area contributed by atoms with E-state index in [1.807, 2.05) is 0 Å². The molecule has 7 nitrogen and oxygen atoms in total. The van der Waals surface area contributed by atoms with Crippen molar-refractivity contribution in [1.29, 1.82) is 0 Å². The molecule has 0 spiro atoms. The second-order valence-corrected chi connectivity index (χ2v) is 8.66. The molecule has 4 aliphatic rings. The highest BCUT2D eigenvalue weighted by Gasteiger charge is 2.48. The molecule has 0 radical (unpaired) electrons. The molecule has 8 heteroatoms. The fourth-order valence-electron chi connectivity index (χ4n) is 4.87. The van der Waals surface area contributed by atoms with Crippen LogP contribution in [-0.4, -0.2) is 40.3 Å². The van der Waals surface area contributed by atoms with Crippen LogP contribution in [0.15, 0.2) is 0 Å². The van der Waals surface area contributed by atoms with Crippen LogP contribution >= 0.6 is 12.6 Å². The van der Waals surface area contributed by atoms with Gasteiger partial charge in [0.25, 0.3) is 0 Å². The van der Waals surface area contributed by atoms with Crippen molar-refractivity contribution in [2.24, 2.45) is 35.1 Å². The monoisotopic (exact) mass is 386 g/mol. The standard InChI is InChI=1S/C10H17N.C8H13NO5S/c11-10-4-7-1-8(5-10)3-9(2-7)6-10;1-4(3-15)8(13)14-5(7(11)12)2-6(9)10/h7-9H,1-6,11H2;4-5,15H,2-3H2,1H3,(H2,9,10)(H,11,12)/t;4-,5?/m.1/s1. The van der Waals surface area contributed by atoms with Crippen molar-refractivity contribution in [3.05, 3.63) is 0 Å². The van der Waals surface area contributed by atoms with Crippen molar-refractivity contribution >= 4 is 30.5 Å². The molecule has 4 rings (SSSR count). The van der Waals surface area contributed by atoms with Gasteiger partial charge in [0, 0.05) is 11.3 Å². The summed E-state index contributed by atoms with van der Waals surface area (Å²) in [6.45, 7) is 1.54. The van der Waals surface area contributed by atoms with Gasteiger partial charge >= 0.3 is 11.9 Å². The number of thiol groups is 1. The Bertz CT molecular complexity index is 518. The summed E-state index contributed by atoms with van der Waals surface area (Å²) in [4.78, 5) is 32.2. The van der Waals surface area contributed by atoms with Gasteiger partial charge in [-0.05, 0) is 56.3 Å². The first-order chi connectivity index (χ1) is 12.1. The van der Waals surface area contributed by atoms with Gasteiger partial charge in [-0.2, -0.15) is 12.6 Å². The summed E-state index contributed by atoms with van der Waals surface area (Å²) in [5.74, 6) is -0.172. The van der Waals surface area contributed by atoms with Crippen molar-refractivity contribution in [1.82, 2.24) is 0 Å². The molecule has 4 aliphatic carbocycles. The average molecular weight is 387 g/mol. The van der Waals surface area contributed by atoms with Gasteiger partial charge in [0.2, 0.25) is 12.0 Å². The van der Waals surface area contributed by atoms with Crippen molar-refractivity contribution in [2.45, 2.75) is 63.5 Å². The summed E-state index contributed by atoms with van der Waals surface area (Å²) in [5, 5.41) is 8.62. The van der Waals surface area contributed by atoms with E-state index in [1.165, 1.54) is 38.5 Å². The third-order valence-electron chi connectivity index (χ3n) is 5.68. The molecule has 5 N–H and O–H groups in total. The van der Waals surface area contributed by atoms with Crippen molar-refractivity contribution in [3.63, 3.8) is 0 Å². The number of esters is 1. The largest absolute Gasteiger partial charge is 0.478 e. The van der Waals surface area contributed by atoms with E-state index in [1.54, 1.807) is 6.92 Å². The molecular weight excluding hydrogens is 356 g/mol. The highest BCUT2D eigenvalue weighted by Crippen LogP contribution is 2.54. The van der Waals surface area contributed by atoms with Gasteiger partial charge in [0.05, 0.1) is 12.3 Å². The summed E-state index contributed by atoms with van der Waals surface area (Å²) < 4.78 is 4.59. The summed E-state index contributed by atoms with van der Waals surface area (Å²) in [5.41, 5.74) is 11.4. The van der Waals surface area contributed by atoms with Crippen LogP contribution in [-0.2, 0) is 19.1 Å². The first kappa shape index (κ1) is 21.0. The van der Waals surface area contributed by atoms with Crippen LogP contribution in [0.5, 0.6) is 0 Å². The van der Waals surface area contributed by atoms with E-state index < -0.39 is 36.3 Å². The van der Waals surface area contributed by atoms with Crippen molar-refractivity contribution < 1.29 is 24.2 Å². The Hall–Kier alpha value is -1.28. The summed E-state index contributed by atoms with van der Waals surface area (Å²) in [6, 6.07) is 0. The number of carbonyl (C=O) groups excluding carboxylic acids is 2. The van der Waals surface area contributed by atoms with Crippen LogP contribution in [0.1, 0.15) is 51.9 Å². The maximum atomic E-state index is 11.2. The fraction of sp³-hybridized carbons (Fsp3) is 0.833. The average Bonchev–Trinajstić information content (AvgIpc) is 2.51. The number of aliphatic carboxylic acids is 1. The molecule has 0 aromatic carbocycles. The number of carboxylic acids is 1. The second kappa shape index (κ2) is 8.61. The van der Waals surface area contributed by atoms with Gasteiger partial charge in [-0.1, -0.05) is 6.92 Å². The molecule has 0 aromatic heterocycles. The predicted molar refractivity (Wildman–Crippen MR) is 99.4 cm³/mol. The van der Waals surface area contributed by atoms with Crippen molar-refractivity contribution in [2.75, 3.05) is 5.75 Å². The SMILES string of the molecule is C[C@H](CS)C(=O)OC(CC(N)=O)C(=O)O.NC12CC3CC(CC(C3)C1)C2. The Kier molecular flexibility index (Phi) is 6.96. The number of amides is 1. The summed E-state index contributed by atoms with van der Waals surface area (Å²) >= 11 is 3.86. The Morgan fingerprint density at radius 2 is 1.62 bits per heavy atom. The Morgan fingerprint density at radius 3 is 1.92 bits per heavy atom. The molecule has 4 fully saturated rings. The van der Waals surface area contributed by atoms with Crippen LogP contribution in [0.2, 0.25) is 0 Å². The van der Waals surface area contributed by atoms with Gasteiger partial charge in [-0.25, -0.2) is 4.79 Å². The van der Waals surface area contributed by atoms with E-state index in [0.29, 0.717) is 5.54 Å². The molecule has 4 bridgehead atoms. The van der Waals surface area contributed by atoms with E-state index in [0.717, 1.165) is 17.8 Å². The topological polar surface area (TPSA) is 133 Å². The fourth-order valence-corrected chi connectivity index (χ4v) is 5.02. The Labute approximate surface area is 159 Å². The van der Waals surface area contributed by atoms with Gasteiger partial charge < -0.3 is 21.3 Å². The number of primary amides is 1. The Morgan fingerprint density at radius 1 is 1.15 bits per heavy atom. The number of rotatable bonds is 6. The lowest BCUT2D eigenvalue weighted by atomic mass is 9.53. The van der Waals surface area contributed by atoms with Crippen LogP contribution < -0.4 is 11.5 Å². The third kappa shape index (κ3) is 5.61. The zero-order chi connectivity index (χ0) is 19.5. The first-order valence-electron chi connectivity index (χ1n) is 9.23. The number of hydrogen-bond donors (Lipinski definition) is 4. The Balaban J connectivity index is 0.000000193. The molecule has 148 valence electrons. The van der Waals surface area contributed by atoms with E-state index in [2.05, 4.69) is 17.4 Å². The smallest absolute Gasteiger partial charge is 0.345 e. The molecule has 0 heterocycles. The zero-order valence-corrected chi connectivity index (χ0v) is 16.1. The number of carbonyl (C=O) groups is 3. The highest BCUT2D eigenvalue weighted by atomic mass is 32.1. The molecule has 0 aliphatic heterocycles. The third-order valence-corrected chi connectivity index (χ3v) is 6.23. The second-order valence-electron chi connectivity index (χ2n) is 8.30. The number of hydrogen-bond acceptors (Lipinski definition) is 6. The van der Waals surface area contributed by atoms with Crippen LogP contribution in [0, 0.1) is 23.7 Å². The molecule has 1 unspecified atom stereocenters. The number of ether oxygens (including phenoxy) is 1. The van der Waals surface area contributed by atoms with E-state index in [-0.39, 0.29) is 5.75 Å². The molecule has 0 saturated heterocycles. The molecule has 4 saturated carbocycles.